The van der Waals surface area contributed by atoms with Crippen molar-refractivity contribution in [2.24, 2.45) is 4.99 Å². The number of thiophene rings is 1. The van der Waals surface area contributed by atoms with Crippen molar-refractivity contribution in [3.63, 3.8) is 0 Å². The molecule has 0 spiro atoms. The first-order valence-electron chi connectivity index (χ1n) is 7.88. The van der Waals surface area contributed by atoms with E-state index in [1.807, 2.05) is 6.07 Å². The molecule has 1 amide bonds. The molecule has 0 atom stereocenters. The van der Waals surface area contributed by atoms with Crippen LogP contribution in [0.25, 0.3) is 16.3 Å². The average molecular weight is 458 g/mol. The predicted molar refractivity (Wildman–Crippen MR) is 112 cm³/mol. The monoisotopic (exact) mass is 457 g/mol. The number of nitrogens with zero attached hydrogens (tertiary/aromatic N) is 3. The van der Waals surface area contributed by atoms with Crippen molar-refractivity contribution < 1.29 is 14.5 Å². The Kier molecular flexibility index (Phi) is 6.63. The molecule has 0 fully saturated rings. The summed E-state index contributed by atoms with van der Waals surface area (Å²) in [5, 5.41) is 11.5. The summed E-state index contributed by atoms with van der Waals surface area (Å²) in [4.78, 5) is 27.8. The number of thiazole rings is 1. The van der Waals surface area contributed by atoms with Gasteiger partial charge in [-0.05, 0) is 24.3 Å². The van der Waals surface area contributed by atoms with E-state index in [4.69, 9.17) is 27.9 Å². The fourth-order valence-electron chi connectivity index (χ4n) is 2.39. The lowest BCUT2D eigenvalue weighted by molar-refractivity contribution is -0.380. The van der Waals surface area contributed by atoms with Crippen LogP contribution in [0.3, 0.4) is 0 Å². The first-order chi connectivity index (χ1) is 13.4. The number of hydrogen-bond acceptors (Lipinski definition) is 6. The van der Waals surface area contributed by atoms with Crippen LogP contribution in [0, 0.1) is 10.1 Å². The molecular formula is C17H13Cl2N3O4S2. The summed E-state index contributed by atoms with van der Waals surface area (Å²) in [5.74, 6) is -0.490. The lowest BCUT2D eigenvalue weighted by atomic mass is 10.3. The molecule has 2 aromatic heterocycles. The van der Waals surface area contributed by atoms with Crippen molar-refractivity contribution >= 4 is 73.1 Å². The summed E-state index contributed by atoms with van der Waals surface area (Å²) in [5.41, 5.74) is 0.695. The summed E-state index contributed by atoms with van der Waals surface area (Å²) >= 11 is 14.8. The molecule has 0 unspecified atom stereocenters. The molecule has 28 heavy (non-hydrogen) atoms. The molecule has 0 bridgehead atoms. The van der Waals surface area contributed by atoms with E-state index in [2.05, 4.69) is 4.99 Å². The number of ether oxygens (including phenoxy) is 1. The highest BCUT2D eigenvalue weighted by Gasteiger charge is 2.13. The highest BCUT2D eigenvalue weighted by molar-refractivity contribution is 7.16. The maximum Gasteiger partial charge on any atom is 0.324 e. The molecule has 146 valence electrons. The van der Waals surface area contributed by atoms with Gasteiger partial charge in [-0.25, -0.2) is 0 Å². The minimum atomic E-state index is -0.490. The van der Waals surface area contributed by atoms with Gasteiger partial charge in [0.15, 0.2) is 4.80 Å². The molecule has 7 nitrogen and oxygen atoms in total. The third-order valence-corrected chi connectivity index (χ3v) is 6.48. The maximum absolute atomic E-state index is 12.3. The van der Waals surface area contributed by atoms with Crippen LogP contribution in [0.5, 0.6) is 0 Å². The highest BCUT2D eigenvalue weighted by Crippen LogP contribution is 2.32. The van der Waals surface area contributed by atoms with Crippen LogP contribution < -0.4 is 4.80 Å². The highest BCUT2D eigenvalue weighted by atomic mass is 35.5. The van der Waals surface area contributed by atoms with E-state index >= 15 is 0 Å². The largest absolute Gasteiger partial charge is 0.383 e. The van der Waals surface area contributed by atoms with Crippen molar-refractivity contribution in [1.82, 2.24) is 4.57 Å². The van der Waals surface area contributed by atoms with Crippen LogP contribution >= 0.6 is 45.9 Å². The molecule has 0 radical (unpaired) electrons. The van der Waals surface area contributed by atoms with Gasteiger partial charge in [0.25, 0.3) is 5.91 Å². The number of methoxy groups -OCH3 is 1. The molecule has 1 aromatic carbocycles. The average Bonchev–Trinajstić information content (AvgIpc) is 3.26. The van der Waals surface area contributed by atoms with E-state index in [1.54, 1.807) is 23.8 Å². The van der Waals surface area contributed by atoms with Crippen molar-refractivity contribution in [2.75, 3.05) is 13.7 Å². The van der Waals surface area contributed by atoms with Crippen LogP contribution in [0.2, 0.25) is 10.0 Å². The van der Waals surface area contributed by atoms with E-state index in [1.165, 1.54) is 29.6 Å². The topological polar surface area (TPSA) is 86.7 Å². The first-order valence-corrected chi connectivity index (χ1v) is 10.3. The molecule has 0 N–H and O–H groups in total. The summed E-state index contributed by atoms with van der Waals surface area (Å²) in [6, 6.07) is 6.48. The Balaban J connectivity index is 1.97. The lowest BCUT2D eigenvalue weighted by Crippen LogP contribution is -2.19. The number of amides is 1. The van der Waals surface area contributed by atoms with Gasteiger partial charge in [0.1, 0.15) is 0 Å². The van der Waals surface area contributed by atoms with Crippen LogP contribution in [0.4, 0.5) is 5.00 Å². The van der Waals surface area contributed by atoms with E-state index in [9.17, 15) is 14.9 Å². The second-order valence-electron chi connectivity index (χ2n) is 5.45. The summed E-state index contributed by atoms with van der Waals surface area (Å²) in [6.07, 6.45) is 2.77. The smallest absolute Gasteiger partial charge is 0.324 e. The molecule has 0 aliphatic heterocycles. The number of carbonyl (C=O) groups is 1. The van der Waals surface area contributed by atoms with Crippen LogP contribution in [0.15, 0.2) is 35.3 Å². The summed E-state index contributed by atoms with van der Waals surface area (Å²) < 4.78 is 7.77. The first kappa shape index (κ1) is 20.7. The Morgan fingerprint density at radius 2 is 2.11 bits per heavy atom. The Labute approximate surface area is 177 Å². The molecule has 2 heterocycles. The molecule has 11 heteroatoms. The SMILES string of the molecule is COCCn1c(=NC(=O)/C=C/c2ccc([N+](=O)[O-])s2)sc2ccc(Cl)c(Cl)c21. The second-order valence-corrected chi connectivity index (χ2v) is 8.34. The van der Waals surface area contributed by atoms with Gasteiger partial charge < -0.3 is 9.30 Å². The number of fused-ring (bicyclic) bond motifs is 1. The number of nitro groups is 1. The van der Waals surface area contributed by atoms with Gasteiger partial charge in [0.05, 0.1) is 31.8 Å². The zero-order valence-electron chi connectivity index (χ0n) is 14.4. The molecule has 3 rings (SSSR count). The van der Waals surface area contributed by atoms with Gasteiger partial charge in [-0.1, -0.05) is 45.9 Å². The number of halogens is 2. The third kappa shape index (κ3) is 4.50. The van der Waals surface area contributed by atoms with E-state index < -0.39 is 10.8 Å². The number of aromatic nitrogens is 1. The van der Waals surface area contributed by atoms with Crippen molar-refractivity contribution in [3.05, 3.63) is 60.2 Å². The molecule has 0 aliphatic carbocycles. The minimum absolute atomic E-state index is 0.0115. The van der Waals surface area contributed by atoms with Crippen LogP contribution in [-0.2, 0) is 16.1 Å². The van der Waals surface area contributed by atoms with Gasteiger partial charge in [0, 0.05) is 30.7 Å². The molecule has 0 saturated heterocycles. The second kappa shape index (κ2) is 8.97. The standard InChI is InChI=1S/C17H13Cl2N3O4S2/c1-26-9-8-21-16-12(5-4-11(18)15(16)19)28-17(21)20-13(23)6-2-10-3-7-14(27-10)22(24)25/h2-7H,8-9H2,1H3/b6-2+,20-17?. The lowest BCUT2D eigenvalue weighted by Gasteiger charge is -2.06. The van der Waals surface area contributed by atoms with E-state index in [0.717, 1.165) is 16.0 Å². The zero-order chi connectivity index (χ0) is 20.3. The van der Waals surface area contributed by atoms with Crippen molar-refractivity contribution in [2.45, 2.75) is 6.54 Å². The van der Waals surface area contributed by atoms with E-state index in [0.29, 0.717) is 38.4 Å². The number of benzene rings is 1. The number of carbonyl (C=O) groups excluding carboxylic acids is 1. The molecule has 0 aliphatic rings. The normalized spacial score (nSPS) is 12.3. The van der Waals surface area contributed by atoms with Crippen molar-refractivity contribution in [1.29, 1.82) is 0 Å². The summed E-state index contributed by atoms with van der Waals surface area (Å²) in [6.45, 7) is 0.855. The van der Waals surface area contributed by atoms with Gasteiger partial charge >= 0.3 is 5.00 Å². The molecule has 3 aromatic rings. The van der Waals surface area contributed by atoms with Gasteiger partial charge in [-0.3, -0.25) is 14.9 Å². The quantitative estimate of drug-likeness (QED) is 0.303. The number of rotatable bonds is 6. The Morgan fingerprint density at radius 3 is 2.79 bits per heavy atom. The molecular weight excluding hydrogens is 445 g/mol. The third-order valence-electron chi connectivity index (χ3n) is 3.64. The number of hydrogen-bond donors (Lipinski definition) is 0. The maximum atomic E-state index is 12.3. The Morgan fingerprint density at radius 1 is 1.32 bits per heavy atom. The zero-order valence-corrected chi connectivity index (χ0v) is 17.6. The fourth-order valence-corrected chi connectivity index (χ4v) is 4.66. The molecule has 0 saturated carbocycles. The van der Waals surface area contributed by atoms with Crippen LogP contribution in [0.1, 0.15) is 4.88 Å². The Hall–Kier alpha value is -2.04. The predicted octanol–water partition coefficient (Wildman–Crippen LogP) is 4.77. The van der Waals surface area contributed by atoms with Gasteiger partial charge in [-0.2, -0.15) is 4.99 Å². The van der Waals surface area contributed by atoms with Crippen molar-refractivity contribution in [3.8, 4) is 0 Å². The van der Waals surface area contributed by atoms with Crippen LogP contribution in [-0.4, -0.2) is 29.1 Å². The summed E-state index contributed by atoms with van der Waals surface area (Å²) in [7, 11) is 1.58. The van der Waals surface area contributed by atoms with E-state index in [-0.39, 0.29) is 5.00 Å². The fraction of sp³-hybridized carbons (Fsp3) is 0.176. The Bertz CT molecular complexity index is 1150. The minimum Gasteiger partial charge on any atom is -0.383 e. The van der Waals surface area contributed by atoms with Gasteiger partial charge in [-0.15, -0.1) is 0 Å². The van der Waals surface area contributed by atoms with Gasteiger partial charge in [0.2, 0.25) is 0 Å².